The first-order valence-corrected chi connectivity index (χ1v) is 6.19. The van der Waals surface area contributed by atoms with Crippen LogP contribution in [0, 0.1) is 10.1 Å². The van der Waals surface area contributed by atoms with Crippen LogP contribution >= 0.6 is 11.6 Å². The molecule has 0 fully saturated rings. The van der Waals surface area contributed by atoms with Gasteiger partial charge in [0.2, 0.25) is 0 Å². The Hall–Kier alpha value is -2.68. The number of hydrogen-bond donors (Lipinski definition) is 3. The number of nitrogens with one attached hydrogen (secondary N) is 3. The Morgan fingerprint density at radius 1 is 1.52 bits per heavy atom. The van der Waals surface area contributed by atoms with Crippen molar-refractivity contribution in [1.82, 2.24) is 20.5 Å². The zero-order valence-corrected chi connectivity index (χ0v) is 11.6. The Labute approximate surface area is 123 Å². The lowest BCUT2D eigenvalue weighted by Crippen LogP contribution is -2.23. The summed E-state index contributed by atoms with van der Waals surface area (Å²) in [6, 6.07) is 2.52. The third-order valence-electron chi connectivity index (χ3n) is 2.66. The van der Waals surface area contributed by atoms with E-state index in [1.807, 2.05) is 0 Å². The number of nitrogens with zero attached hydrogens (tertiary/aromatic N) is 3. The van der Waals surface area contributed by atoms with Gasteiger partial charge >= 0.3 is 0 Å². The molecule has 2 aromatic rings. The number of rotatable bonds is 5. The van der Waals surface area contributed by atoms with Gasteiger partial charge in [-0.2, -0.15) is 5.10 Å². The highest BCUT2D eigenvalue weighted by molar-refractivity contribution is 6.34. The van der Waals surface area contributed by atoms with E-state index in [1.54, 1.807) is 0 Å². The van der Waals surface area contributed by atoms with Gasteiger partial charge in [0.1, 0.15) is 17.8 Å². The van der Waals surface area contributed by atoms with Crippen LogP contribution in [0.4, 0.5) is 11.4 Å². The molecule has 0 aliphatic heterocycles. The highest BCUT2D eigenvalue weighted by Crippen LogP contribution is 2.33. The van der Waals surface area contributed by atoms with Gasteiger partial charge in [0.05, 0.1) is 16.5 Å². The molecular formula is C11H11ClN6O3. The van der Waals surface area contributed by atoms with Crippen molar-refractivity contribution in [3.63, 3.8) is 0 Å². The number of carbonyl (C=O) groups excluding carboxylic acids is 1. The van der Waals surface area contributed by atoms with Gasteiger partial charge in [-0.1, -0.05) is 11.6 Å². The standard InChI is InChI=1S/C11H11ClN6O3/c1-13-10-7(12)2-6(3-8(10)18(20)21)11(19)14-4-9-15-5-16-17-9/h2-3,5,13H,4H2,1H3,(H,14,19)(H,15,16,17). The predicted molar refractivity (Wildman–Crippen MR) is 75.2 cm³/mol. The number of carbonyl (C=O) groups is 1. The second kappa shape index (κ2) is 6.18. The number of aromatic nitrogens is 3. The number of amides is 1. The van der Waals surface area contributed by atoms with Crippen LogP contribution in [0.3, 0.4) is 0 Å². The van der Waals surface area contributed by atoms with Crippen molar-refractivity contribution in [1.29, 1.82) is 0 Å². The third kappa shape index (κ3) is 3.26. The Morgan fingerprint density at radius 3 is 2.86 bits per heavy atom. The predicted octanol–water partition coefficient (Wildman–Crippen LogP) is 1.34. The van der Waals surface area contributed by atoms with Crippen LogP contribution < -0.4 is 10.6 Å². The number of hydrogen-bond acceptors (Lipinski definition) is 6. The van der Waals surface area contributed by atoms with Gasteiger partial charge in [0.25, 0.3) is 11.6 Å². The van der Waals surface area contributed by atoms with E-state index in [2.05, 4.69) is 25.8 Å². The first-order chi connectivity index (χ1) is 10.0. The van der Waals surface area contributed by atoms with Crippen molar-refractivity contribution in [2.24, 2.45) is 0 Å². The summed E-state index contributed by atoms with van der Waals surface area (Å²) in [6.45, 7) is 0.123. The molecular weight excluding hydrogens is 300 g/mol. The van der Waals surface area contributed by atoms with E-state index < -0.39 is 10.8 Å². The normalized spacial score (nSPS) is 10.2. The average molecular weight is 311 g/mol. The van der Waals surface area contributed by atoms with E-state index in [1.165, 1.54) is 19.4 Å². The molecule has 1 heterocycles. The van der Waals surface area contributed by atoms with Crippen molar-refractivity contribution < 1.29 is 9.72 Å². The lowest BCUT2D eigenvalue weighted by molar-refractivity contribution is -0.383. The molecule has 10 heteroatoms. The number of anilines is 1. The van der Waals surface area contributed by atoms with Crippen LogP contribution in [0.25, 0.3) is 0 Å². The van der Waals surface area contributed by atoms with Crippen molar-refractivity contribution in [3.05, 3.63) is 45.0 Å². The maximum absolute atomic E-state index is 12.0. The van der Waals surface area contributed by atoms with E-state index in [4.69, 9.17) is 11.6 Å². The van der Waals surface area contributed by atoms with Gasteiger partial charge in [-0.3, -0.25) is 20.0 Å². The number of benzene rings is 1. The lowest BCUT2D eigenvalue weighted by atomic mass is 10.1. The van der Waals surface area contributed by atoms with Crippen LogP contribution in [-0.2, 0) is 6.54 Å². The fourth-order valence-corrected chi connectivity index (χ4v) is 2.01. The minimum Gasteiger partial charge on any atom is -0.381 e. The molecule has 3 N–H and O–H groups in total. The number of nitro groups is 1. The fourth-order valence-electron chi connectivity index (χ4n) is 1.70. The Bertz CT molecular complexity index is 673. The van der Waals surface area contributed by atoms with Crippen LogP contribution in [-0.4, -0.2) is 33.1 Å². The SMILES string of the molecule is CNc1c(Cl)cc(C(=O)NCc2ncn[nH]2)cc1[N+](=O)[O-]. The number of H-pyrrole nitrogens is 1. The molecule has 0 radical (unpaired) electrons. The van der Waals surface area contributed by atoms with Crippen LogP contribution in [0.15, 0.2) is 18.5 Å². The van der Waals surface area contributed by atoms with Gasteiger partial charge in [-0.15, -0.1) is 0 Å². The molecule has 0 atom stereocenters. The number of aromatic amines is 1. The molecule has 1 aromatic carbocycles. The van der Waals surface area contributed by atoms with Crippen LogP contribution in [0.5, 0.6) is 0 Å². The van der Waals surface area contributed by atoms with Gasteiger partial charge in [-0.25, -0.2) is 4.98 Å². The van der Waals surface area contributed by atoms with E-state index in [-0.39, 0.29) is 28.5 Å². The molecule has 0 aliphatic carbocycles. The molecule has 0 aliphatic rings. The van der Waals surface area contributed by atoms with Gasteiger partial charge in [0.15, 0.2) is 0 Å². The molecule has 1 amide bonds. The highest BCUT2D eigenvalue weighted by Gasteiger charge is 2.20. The molecule has 0 bridgehead atoms. The van der Waals surface area contributed by atoms with Crippen molar-refractivity contribution >= 4 is 28.9 Å². The fraction of sp³-hybridized carbons (Fsp3) is 0.182. The van der Waals surface area contributed by atoms with Gasteiger partial charge < -0.3 is 10.6 Å². The summed E-state index contributed by atoms with van der Waals surface area (Å²) in [5.74, 6) is -0.0326. The van der Waals surface area contributed by atoms with Crippen molar-refractivity contribution in [2.45, 2.75) is 6.54 Å². The summed E-state index contributed by atoms with van der Waals surface area (Å²) in [5.41, 5.74) is -0.0199. The summed E-state index contributed by atoms with van der Waals surface area (Å²) in [5, 5.41) is 22.5. The molecule has 0 spiro atoms. The Balaban J connectivity index is 2.23. The minimum absolute atomic E-state index is 0.0882. The summed E-state index contributed by atoms with van der Waals surface area (Å²) in [7, 11) is 1.51. The molecule has 110 valence electrons. The Kier molecular flexibility index (Phi) is 4.33. The van der Waals surface area contributed by atoms with Gasteiger partial charge in [-0.05, 0) is 6.07 Å². The van der Waals surface area contributed by atoms with Gasteiger partial charge in [0, 0.05) is 18.7 Å². The molecule has 21 heavy (non-hydrogen) atoms. The molecule has 1 aromatic heterocycles. The number of halogens is 1. The third-order valence-corrected chi connectivity index (χ3v) is 2.96. The Morgan fingerprint density at radius 2 is 2.29 bits per heavy atom. The number of nitro benzene ring substituents is 1. The summed E-state index contributed by atoms with van der Waals surface area (Å²) < 4.78 is 0. The highest BCUT2D eigenvalue weighted by atomic mass is 35.5. The monoisotopic (exact) mass is 310 g/mol. The average Bonchev–Trinajstić information content (AvgIpc) is 2.96. The smallest absolute Gasteiger partial charge is 0.294 e. The van der Waals surface area contributed by atoms with E-state index in [9.17, 15) is 14.9 Å². The molecule has 0 saturated carbocycles. The van der Waals surface area contributed by atoms with Crippen LogP contribution in [0.1, 0.15) is 16.2 Å². The molecule has 0 saturated heterocycles. The lowest BCUT2D eigenvalue weighted by Gasteiger charge is -2.08. The first-order valence-electron chi connectivity index (χ1n) is 5.81. The minimum atomic E-state index is -0.606. The van der Waals surface area contributed by atoms with Crippen molar-refractivity contribution in [3.8, 4) is 0 Å². The van der Waals surface area contributed by atoms with Crippen molar-refractivity contribution in [2.75, 3.05) is 12.4 Å². The zero-order valence-electron chi connectivity index (χ0n) is 10.9. The molecule has 0 unspecified atom stereocenters. The summed E-state index contributed by atoms with van der Waals surface area (Å²) in [6.07, 6.45) is 1.31. The maximum Gasteiger partial charge on any atom is 0.294 e. The quantitative estimate of drug-likeness (QED) is 0.565. The molecule has 2 rings (SSSR count). The maximum atomic E-state index is 12.0. The second-order valence-corrected chi connectivity index (χ2v) is 4.38. The van der Waals surface area contributed by atoms with E-state index >= 15 is 0 Å². The summed E-state index contributed by atoms with van der Waals surface area (Å²) in [4.78, 5) is 26.2. The zero-order chi connectivity index (χ0) is 15.4. The van der Waals surface area contributed by atoms with E-state index in [0.717, 1.165) is 6.07 Å². The first kappa shape index (κ1) is 14.7. The summed E-state index contributed by atoms with van der Waals surface area (Å²) >= 11 is 5.95. The largest absolute Gasteiger partial charge is 0.381 e. The topological polar surface area (TPSA) is 126 Å². The second-order valence-electron chi connectivity index (χ2n) is 3.97. The molecule has 9 nitrogen and oxygen atoms in total. The van der Waals surface area contributed by atoms with Crippen LogP contribution in [0.2, 0.25) is 5.02 Å². The van der Waals surface area contributed by atoms with E-state index in [0.29, 0.717) is 5.82 Å².